The van der Waals surface area contributed by atoms with E-state index in [2.05, 4.69) is 16.1 Å². The van der Waals surface area contributed by atoms with Gasteiger partial charge in [0.1, 0.15) is 0 Å². The van der Waals surface area contributed by atoms with Crippen molar-refractivity contribution < 1.29 is 0 Å². The summed E-state index contributed by atoms with van der Waals surface area (Å²) in [5.41, 5.74) is 17.2. The first kappa shape index (κ1) is 12.9. The Morgan fingerprint density at radius 3 is 1.81 bits per heavy atom. The number of benzene rings is 3. The van der Waals surface area contributed by atoms with Gasteiger partial charge in [0.25, 0.3) is 0 Å². The third kappa shape index (κ3) is 2.49. The summed E-state index contributed by atoms with van der Waals surface area (Å²) in [7, 11) is 0. The molecule has 0 radical (unpaired) electrons. The first-order valence-electron chi connectivity index (χ1n) is 6.49. The van der Waals surface area contributed by atoms with Crippen LogP contribution in [-0.2, 0) is 0 Å². The van der Waals surface area contributed by atoms with E-state index in [0.29, 0.717) is 0 Å². The van der Waals surface area contributed by atoms with E-state index >= 15 is 0 Å². The van der Waals surface area contributed by atoms with Gasteiger partial charge < -0.3 is 17.2 Å². The molecule has 5 heteroatoms. The van der Waals surface area contributed by atoms with E-state index in [1.165, 1.54) is 0 Å². The number of guanidine groups is 2. The van der Waals surface area contributed by atoms with Crippen molar-refractivity contribution in [3.63, 3.8) is 0 Å². The highest BCUT2D eigenvalue weighted by molar-refractivity contribution is 6.11. The van der Waals surface area contributed by atoms with Gasteiger partial charge in [0.05, 0.1) is 5.69 Å². The standard InChI is InChI=1S/C16H15N5/c17-15(18)21-16(19)20-14-12-7-3-1-5-10(12)9-11-6-2-4-8-13(11)14/h1-9H,(H6,17,18,19,20,21). The molecule has 5 nitrogen and oxygen atoms in total. The predicted molar refractivity (Wildman–Crippen MR) is 88.5 cm³/mol. The first-order chi connectivity index (χ1) is 10.1. The van der Waals surface area contributed by atoms with Crippen molar-refractivity contribution in [2.75, 3.05) is 0 Å². The zero-order chi connectivity index (χ0) is 14.8. The molecule has 0 aliphatic heterocycles. The van der Waals surface area contributed by atoms with Crippen LogP contribution >= 0.6 is 0 Å². The van der Waals surface area contributed by atoms with Crippen molar-refractivity contribution in [1.29, 1.82) is 0 Å². The number of hydrogen-bond acceptors (Lipinski definition) is 1. The molecule has 0 saturated heterocycles. The van der Waals surface area contributed by atoms with Crippen LogP contribution in [0.3, 0.4) is 0 Å². The summed E-state index contributed by atoms with van der Waals surface area (Å²) in [5, 5.41) is 4.19. The van der Waals surface area contributed by atoms with E-state index in [9.17, 15) is 0 Å². The highest BCUT2D eigenvalue weighted by Gasteiger charge is 2.07. The van der Waals surface area contributed by atoms with Crippen molar-refractivity contribution in [2.24, 2.45) is 27.2 Å². The number of fused-ring (bicyclic) bond motifs is 2. The molecule has 0 fully saturated rings. The Morgan fingerprint density at radius 1 is 0.762 bits per heavy atom. The topological polar surface area (TPSA) is 103 Å². The lowest BCUT2D eigenvalue weighted by Crippen LogP contribution is -2.26. The van der Waals surface area contributed by atoms with Crippen molar-refractivity contribution in [3.8, 4) is 0 Å². The maximum Gasteiger partial charge on any atom is 0.223 e. The molecular weight excluding hydrogens is 262 g/mol. The lowest BCUT2D eigenvalue weighted by molar-refractivity contribution is 1.40. The molecule has 0 amide bonds. The summed E-state index contributed by atoms with van der Waals surface area (Å²) in [6.07, 6.45) is 0. The van der Waals surface area contributed by atoms with Crippen LogP contribution in [0.15, 0.2) is 64.6 Å². The quantitative estimate of drug-likeness (QED) is 0.361. The second kappa shape index (κ2) is 5.13. The third-order valence-electron chi connectivity index (χ3n) is 3.21. The van der Waals surface area contributed by atoms with Gasteiger partial charge in [-0.1, -0.05) is 48.5 Å². The van der Waals surface area contributed by atoms with Crippen molar-refractivity contribution in [1.82, 2.24) is 0 Å². The Hall–Kier alpha value is -3.08. The summed E-state index contributed by atoms with van der Waals surface area (Å²) in [6.45, 7) is 0. The van der Waals surface area contributed by atoms with Gasteiger partial charge >= 0.3 is 0 Å². The van der Waals surface area contributed by atoms with Crippen LogP contribution in [0.1, 0.15) is 0 Å². The molecule has 6 N–H and O–H groups in total. The smallest absolute Gasteiger partial charge is 0.223 e. The number of nitrogens with zero attached hydrogens (tertiary/aromatic N) is 2. The molecule has 0 bridgehead atoms. The molecule has 0 atom stereocenters. The molecule has 3 aromatic rings. The number of aliphatic imine (C=N–C) groups is 2. The van der Waals surface area contributed by atoms with Crippen LogP contribution in [0.5, 0.6) is 0 Å². The number of hydrogen-bond donors (Lipinski definition) is 3. The zero-order valence-corrected chi connectivity index (χ0v) is 11.3. The van der Waals surface area contributed by atoms with Gasteiger partial charge in [0, 0.05) is 10.8 Å². The van der Waals surface area contributed by atoms with Crippen molar-refractivity contribution in [3.05, 3.63) is 54.6 Å². The van der Waals surface area contributed by atoms with E-state index in [4.69, 9.17) is 17.2 Å². The van der Waals surface area contributed by atoms with E-state index < -0.39 is 0 Å². The molecule has 3 aromatic carbocycles. The fourth-order valence-electron chi connectivity index (χ4n) is 2.38. The van der Waals surface area contributed by atoms with E-state index in [1.807, 2.05) is 48.5 Å². The summed E-state index contributed by atoms with van der Waals surface area (Å²) < 4.78 is 0. The summed E-state index contributed by atoms with van der Waals surface area (Å²) in [5.74, 6) is -0.0719. The van der Waals surface area contributed by atoms with E-state index in [1.54, 1.807) is 0 Å². The second-order valence-corrected chi connectivity index (χ2v) is 4.67. The number of rotatable bonds is 1. The predicted octanol–water partition coefficient (Wildman–Crippen LogP) is 2.21. The average Bonchev–Trinajstić information content (AvgIpc) is 2.46. The van der Waals surface area contributed by atoms with Gasteiger partial charge in [-0.2, -0.15) is 4.99 Å². The van der Waals surface area contributed by atoms with Gasteiger partial charge in [0.2, 0.25) is 5.96 Å². The van der Waals surface area contributed by atoms with Gasteiger partial charge in [-0.3, -0.25) is 0 Å². The molecule has 104 valence electrons. The fraction of sp³-hybridized carbons (Fsp3) is 0. The lowest BCUT2D eigenvalue weighted by Gasteiger charge is -2.08. The summed E-state index contributed by atoms with van der Waals surface area (Å²) in [6, 6.07) is 18.1. The largest absolute Gasteiger partial charge is 0.370 e. The molecule has 0 unspecified atom stereocenters. The van der Waals surface area contributed by atoms with Crippen molar-refractivity contribution in [2.45, 2.75) is 0 Å². The Morgan fingerprint density at radius 2 is 1.29 bits per heavy atom. The molecule has 0 spiro atoms. The SMILES string of the molecule is NC(N)=NC(N)=Nc1c2ccccc2cc2ccccc12. The molecule has 0 aliphatic carbocycles. The summed E-state index contributed by atoms with van der Waals surface area (Å²) in [4.78, 5) is 8.19. The minimum atomic E-state index is -0.110. The Bertz CT molecular complexity index is 822. The second-order valence-electron chi connectivity index (χ2n) is 4.67. The fourth-order valence-corrected chi connectivity index (χ4v) is 2.38. The van der Waals surface area contributed by atoms with E-state index in [0.717, 1.165) is 27.2 Å². The Kier molecular flexibility index (Phi) is 3.16. The Balaban J connectivity index is 2.38. The van der Waals surface area contributed by atoms with Crippen molar-refractivity contribution >= 4 is 39.2 Å². The van der Waals surface area contributed by atoms with Crippen LogP contribution in [0.2, 0.25) is 0 Å². The molecule has 0 heterocycles. The Labute approximate surface area is 121 Å². The molecule has 0 aliphatic rings. The van der Waals surface area contributed by atoms with Crippen LogP contribution < -0.4 is 17.2 Å². The monoisotopic (exact) mass is 277 g/mol. The maximum absolute atomic E-state index is 5.79. The summed E-state index contributed by atoms with van der Waals surface area (Å²) >= 11 is 0. The van der Waals surface area contributed by atoms with Gasteiger partial charge in [-0.15, -0.1) is 0 Å². The molecule has 0 saturated carbocycles. The number of nitrogens with two attached hydrogens (primary N) is 3. The highest BCUT2D eigenvalue weighted by atomic mass is 15.1. The molecule has 0 aromatic heterocycles. The maximum atomic E-state index is 5.79. The normalized spacial score (nSPS) is 11.7. The average molecular weight is 277 g/mol. The van der Waals surface area contributed by atoms with Crippen LogP contribution in [0.4, 0.5) is 5.69 Å². The lowest BCUT2D eigenvalue weighted by atomic mass is 10.0. The first-order valence-corrected chi connectivity index (χ1v) is 6.49. The van der Waals surface area contributed by atoms with Gasteiger partial charge in [0.15, 0.2) is 5.96 Å². The molecule has 3 rings (SSSR count). The third-order valence-corrected chi connectivity index (χ3v) is 3.21. The highest BCUT2D eigenvalue weighted by Crippen LogP contribution is 2.34. The van der Waals surface area contributed by atoms with Gasteiger partial charge in [-0.25, -0.2) is 4.99 Å². The minimum absolute atomic E-state index is 0.0384. The zero-order valence-electron chi connectivity index (χ0n) is 11.3. The van der Waals surface area contributed by atoms with Crippen LogP contribution in [0, 0.1) is 0 Å². The molecular formula is C16H15N5. The van der Waals surface area contributed by atoms with Gasteiger partial charge in [-0.05, 0) is 16.8 Å². The minimum Gasteiger partial charge on any atom is -0.370 e. The van der Waals surface area contributed by atoms with Crippen LogP contribution in [0.25, 0.3) is 21.5 Å². The molecule has 21 heavy (non-hydrogen) atoms. The van der Waals surface area contributed by atoms with E-state index in [-0.39, 0.29) is 11.9 Å². The van der Waals surface area contributed by atoms with Crippen LogP contribution in [-0.4, -0.2) is 11.9 Å².